The predicted octanol–water partition coefficient (Wildman–Crippen LogP) is 26.9. The lowest BCUT2D eigenvalue weighted by Crippen LogP contribution is -1.95. The number of hydrogen-bond donors (Lipinski definition) is 0. The van der Waals surface area contributed by atoms with Crippen LogP contribution in [-0.4, -0.2) is 77.4 Å². The van der Waals surface area contributed by atoms with Crippen LogP contribution in [0, 0.1) is 0 Å². The van der Waals surface area contributed by atoms with Crippen molar-refractivity contribution in [3.63, 3.8) is 0 Å². The number of benzene rings is 12. The van der Waals surface area contributed by atoms with Gasteiger partial charge in [-0.1, -0.05) is 140 Å². The monoisotopic (exact) mass is 1780 g/mol. The van der Waals surface area contributed by atoms with Crippen molar-refractivity contribution < 1.29 is 0 Å². The third-order valence-electron chi connectivity index (χ3n) is 31.7. The molecule has 16 nitrogen and oxygen atoms in total. The van der Waals surface area contributed by atoms with Crippen LogP contribution in [0.5, 0.6) is 0 Å². The second-order valence-electron chi connectivity index (χ2n) is 38.8. The van der Waals surface area contributed by atoms with Crippen molar-refractivity contribution in [1.82, 2.24) is 77.4 Å². The van der Waals surface area contributed by atoms with Gasteiger partial charge >= 0.3 is 0 Å². The molecule has 0 unspecified atom stereocenters. The molecule has 36 rings (SSSR count). The highest BCUT2D eigenvalue weighted by atomic mass is 15.1. The van der Waals surface area contributed by atoms with Crippen LogP contribution in [0.1, 0.15) is 89.0 Å². The van der Waals surface area contributed by atoms with E-state index in [4.69, 9.17) is 39.9 Å². The molecule has 12 aromatic carbocycles. The second kappa shape index (κ2) is 27.7. The van der Waals surface area contributed by atoms with Crippen LogP contribution in [0.3, 0.4) is 0 Å². The normalized spacial score (nSPS) is 13.5. The molecule has 648 valence electrons. The van der Waals surface area contributed by atoms with Crippen molar-refractivity contribution in [1.29, 1.82) is 0 Å². The molecule has 16 aromatic heterocycles. The van der Waals surface area contributed by atoms with Gasteiger partial charge in [0.1, 0.15) is 45.2 Å². The summed E-state index contributed by atoms with van der Waals surface area (Å²) < 4.78 is 8.67. The van der Waals surface area contributed by atoms with Crippen LogP contribution in [0.15, 0.2) is 341 Å². The van der Waals surface area contributed by atoms with Crippen molar-refractivity contribution in [3.05, 3.63) is 430 Å². The smallest absolute Gasteiger partial charge is 0.178 e. The molecular formula is C124H72N16. The molecule has 0 spiro atoms. The van der Waals surface area contributed by atoms with Crippen molar-refractivity contribution >= 4 is 154 Å². The van der Waals surface area contributed by atoms with Crippen molar-refractivity contribution in [3.8, 4) is 89.0 Å². The fourth-order valence-electron chi connectivity index (χ4n) is 25.8. The van der Waals surface area contributed by atoms with Gasteiger partial charge in [-0.25, -0.2) is 59.8 Å². The van der Waals surface area contributed by atoms with Gasteiger partial charge in [-0.15, -0.1) is 0 Å². The average molecular weight is 1790 g/mol. The summed E-state index contributed by atoms with van der Waals surface area (Å²) in [4.78, 5) is 57.2. The Labute approximate surface area is 796 Å². The maximum absolute atomic E-state index is 4.97. The number of nitrogens with zero attached hydrogens (tertiary/aromatic N) is 16. The minimum atomic E-state index is 0.755. The minimum Gasteiger partial charge on any atom is -0.274 e. The van der Waals surface area contributed by atoms with E-state index in [1.54, 1.807) is 24.8 Å². The van der Waals surface area contributed by atoms with Crippen LogP contribution in [0.2, 0.25) is 0 Å². The number of aromatic nitrogens is 16. The minimum absolute atomic E-state index is 0.755. The maximum Gasteiger partial charge on any atom is 0.178 e. The molecule has 16 heteroatoms. The summed E-state index contributed by atoms with van der Waals surface area (Å²) in [5.41, 5.74) is 59.4. The first kappa shape index (κ1) is 75.1. The van der Waals surface area contributed by atoms with E-state index in [0.717, 1.165) is 184 Å². The largest absolute Gasteiger partial charge is 0.274 e. The van der Waals surface area contributed by atoms with Crippen molar-refractivity contribution in [2.24, 2.45) is 0 Å². The fraction of sp³-hybridized carbons (Fsp3) is 0.0645. The van der Waals surface area contributed by atoms with Gasteiger partial charge in [-0.05, 0) is 403 Å². The Morgan fingerprint density at radius 1 is 0.150 bits per heavy atom. The van der Waals surface area contributed by atoms with Crippen molar-refractivity contribution in [2.45, 2.75) is 51.4 Å². The summed E-state index contributed by atoms with van der Waals surface area (Å²) in [5.74, 6) is 0. The number of fused-ring (bicyclic) bond motifs is 59. The molecular weight excluding hydrogens is 1710 g/mol. The molecule has 140 heavy (non-hydrogen) atoms. The number of imidazole rings is 4. The number of rotatable bonds is 0. The summed E-state index contributed by atoms with van der Waals surface area (Å²) in [7, 11) is 0. The van der Waals surface area contributed by atoms with Crippen LogP contribution >= 0.6 is 0 Å². The number of hydrogen-bond acceptors (Lipinski definition) is 12. The molecule has 0 saturated carbocycles. The topological polar surface area (TPSA) is 172 Å². The Hall–Kier alpha value is -18.3. The zero-order chi connectivity index (χ0) is 90.7. The standard InChI is InChI=1S/4C31H18N4/c1-2-6-20-17(5-1)14-25-21(20)10-9-18-13-19-15-26-24(16-23(19)28(18)25)22-7-3-12-33-30(22)35-27-8-4-11-32-29(27)34-31(26)35;1-2-6-19-17(5-1)13-24-20(19)9-10-21-23-16-26-22-7-3-12-33-30(22)35-28-8-4-11-32-29(28)34-31(35)27(26)15-18(23)14-25(21)24;1-2-6-21-17(5-1)13-18-9-10-19-14-20-15-25-24(16-23(20)28(19)27(18)21)22-7-3-12-33-30(22)35-26-8-4-11-32-29(26)34-31(25)35;1-2-6-21-17(5-1)11-18-12-19-13-20-14-27-26(16-25(20)24(19)15-23(18)21)22-7-3-10-33-30(22)35-28-8-4-9-32-29(28)34-31(27)35/h3*1-12,15-16H,13-14H2;1-10,12,14-16H,11,13H2. The highest BCUT2D eigenvalue weighted by molar-refractivity contribution is 6.20. The van der Waals surface area contributed by atoms with E-state index in [-0.39, 0.29) is 0 Å². The molecule has 0 radical (unpaired) electrons. The zero-order valence-electron chi connectivity index (χ0n) is 75.1. The van der Waals surface area contributed by atoms with Gasteiger partial charge in [0.05, 0.1) is 22.1 Å². The Bertz CT molecular complexity index is 10700. The van der Waals surface area contributed by atoms with E-state index in [2.05, 4.69) is 280 Å². The van der Waals surface area contributed by atoms with E-state index >= 15 is 0 Å². The summed E-state index contributed by atoms with van der Waals surface area (Å²) in [6.07, 6.45) is 22.6. The summed E-state index contributed by atoms with van der Waals surface area (Å²) >= 11 is 0. The SMILES string of the molecule is c1ccc2c(c1)Cc1c-2ccc2c1-c1cc3c4cccnc4n4c5cccnc5nc4c3cc1C2.c1ccc2c(c1)Cc1c-2ccc2c1Cc1cc3c(cc1-2)c1cccnc1n1c2cccnc2nc31.c1ccc2c(c1)Cc1cc3c(cc1-2)-c1cc2c4cccnc4n4c5cccnc5nc4c2cc1C3.c1ccc2c(c1)Cc1ccc3c(c1-2)-c1cc2c4cccnc4n4c5cccnc5nc4c2cc1C3. The molecule has 0 bridgehead atoms. The lowest BCUT2D eigenvalue weighted by atomic mass is 9.92. The van der Waals surface area contributed by atoms with Gasteiger partial charge < -0.3 is 0 Å². The molecule has 8 aliphatic rings. The number of pyridine rings is 12. The highest BCUT2D eigenvalue weighted by Crippen LogP contribution is 2.56. The summed E-state index contributed by atoms with van der Waals surface area (Å²) in [6.45, 7) is 0. The molecule has 0 amide bonds. The van der Waals surface area contributed by atoms with Gasteiger partial charge in [0, 0.05) is 92.7 Å². The van der Waals surface area contributed by atoms with Crippen LogP contribution in [0.4, 0.5) is 0 Å². The molecule has 0 aliphatic heterocycles. The predicted molar refractivity (Wildman–Crippen MR) is 559 cm³/mol. The van der Waals surface area contributed by atoms with E-state index in [0.29, 0.717) is 0 Å². The molecule has 0 atom stereocenters. The lowest BCUT2D eigenvalue weighted by molar-refractivity contribution is 1.16. The van der Waals surface area contributed by atoms with E-state index < -0.39 is 0 Å². The van der Waals surface area contributed by atoms with Crippen LogP contribution in [-0.2, 0) is 51.4 Å². The third kappa shape index (κ3) is 10.3. The molecule has 8 aliphatic carbocycles. The second-order valence-corrected chi connectivity index (χ2v) is 38.8. The summed E-state index contributed by atoms with van der Waals surface area (Å²) in [6, 6.07) is 106. The Kier molecular flexibility index (Phi) is 14.9. The Morgan fingerprint density at radius 2 is 0.421 bits per heavy atom. The van der Waals surface area contributed by atoms with E-state index in [9.17, 15) is 0 Å². The fourth-order valence-corrected chi connectivity index (χ4v) is 25.8. The summed E-state index contributed by atoms with van der Waals surface area (Å²) in [5, 5.41) is 14.0. The van der Waals surface area contributed by atoms with Gasteiger partial charge in [0.25, 0.3) is 0 Å². The Balaban J connectivity index is 0.0000000829. The van der Waals surface area contributed by atoms with Crippen molar-refractivity contribution in [2.75, 3.05) is 0 Å². The van der Waals surface area contributed by atoms with Gasteiger partial charge in [-0.2, -0.15) is 0 Å². The molecule has 0 fully saturated rings. The first-order chi connectivity index (χ1) is 69.4. The highest BCUT2D eigenvalue weighted by Gasteiger charge is 2.36. The van der Waals surface area contributed by atoms with Crippen LogP contribution in [0.25, 0.3) is 243 Å². The average Bonchev–Trinajstić information content (AvgIpc) is 1.56. The molecule has 0 saturated heterocycles. The molecule has 28 aromatic rings. The molecule has 16 heterocycles. The first-order valence-corrected chi connectivity index (χ1v) is 48.2. The van der Waals surface area contributed by atoms with Crippen LogP contribution < -0.4 is 0 Å². The molecule has 0 N–H and O–H groups in total. The van der Waals surface area contributed by atoms with E-state index in [1.165, 1.54) is 200 Å². The lowest BCUT2D eigenvalue weighted by Gasteiger charge is -2.13. The maximum atomic E-state index is 4.97. The Morgan fingerprint density at radius 3 is 0.879 bits per heavy atom. The van der Waals surface area contributed by atoms with Gasteiger partial charge in [0.2, 0.25) is 0 Å². The van der Waals surface area contributed by atoms with Gasteiger partial charge in [-0.3, -0.25) is 17.6 Å². The van der Waals surface area contributed by atoms with E-state index in [1.807, 2.05) is 73.3 Å². The third-order valence-corrected chi connectivity index (χ3v) is 31.7. The van der Waals surface area contributed by atoms with Gasteiger partial charge in [0.15, 0.2) is 22.6 Å². The zero-order valence-corrected chi connectivity index (χ0v) is 75.1. The quantitative estimate of drug-likeness (QED) is 0.132. The first-order valence-electron chi connectivity index (χ1n) is 48.2.